The average molecular weight is 459 g/mol. The van der Waals surface area contributed by atoms with Crippen LogP contribution in [0.3, 0.4) is 0 Å². The largest absolute Gasteiger partial charge is 0.493 e. The van der Waals surface area contributed by atoms with Gasteiger partial charge in [-0.05, 0) is 41.8 Å². The summed E-state index contributed by atoms with van der Waals surface area (Å²) in [6.07, 6.45) is 2.58. The molecule has 3 aromatic rings. The summed E-state index contributed by atoms with van der Waals surface area (Å²) < 4.78 is 10.5. The number of rotatable bonds is 7. The number of fused-ring (bicyclic) bond motifs is 1. The van der Waals surface area contributed by atoms with E-state index in [0.717, 1.165) is 12.0 Å². The highest BCUT2D eigenvalue weighted by Gasteiger charge is 2.27. The maximum Gasteiger partial charge on any atom is 0.244 e. The summed E-state index contributed by atoms with van der Waals surface area (Å²) in [4.78, 5) is 36.6. The number of hydrogen-bond donors (Lipinski definition) is 1. The van der Waals surface area contributed by atoms with Crippen molar-refractivity contribution in [1.29, 1.82) is 0 Å². The molecule has 34 heavy (non-hydrogen) atoms. The Kier molecular flexibility index (Phi) is 6.87. The minimum Gasteiger partial charge on any atom is -0.493 e. The molecule has 0 radical (unpaired) electrons. The molecule has 8 nitrogen and oxygen atoms in total. The highest BCUT2D eigenvalue weighted by atomic mass is 16.5. The summed E-state index contributed by atoms with van der Waals surface area (Å²) >= 11 is 0. The van der Waals surface area contributed by atoms with Gasteiger partial charge in [0.25, 0.3) is 0 Å². The van der Waals surface area contributed by atoms with E-state index in [2.05, 4.69) is 17.2 Å². The standard InChI is InChI=1S/C26H26N4O4/c1-4-17-7-9-18(10-8-17)21-15-25(32)30(26-20(29-21)6-5-13-27-26)16-24(31)28-19-11-12-22(33-2)23(14-19)34-3/h5-14H,4,15-16H2,1-3H3,(H,28,31). The first kappa shape index (κ1) is 23.0. The van der Waals surface area contributed by atoms with E-state index in [1.165, 1.54) is 17.6 Å². The molecule has 0 spiro atoms. The van der Waals surface area contributed by atoms with Crippen molar-refractivity contribution in [2.45, 2.75) is 19.8 Å². The molecule has 4 rings (SSSR count). The van der Waals surface area contributed by atoms with Crippen LogP contribution in [0.15, 0.2) is 65.8 Å². The van der Waals surface area contributed by atoms with Crippen LogP contribution >= 0.6 is 0 Å². The number of nitrogens with one attached hydrogen (secondary N) is 1. The van der Waals surface area contributed by atoms with Gasteiger partial charge in [-0.1, -0.05) is 31.2 Å². The number of carbonyl (C=O) groups excluding carboxylic acids is 2. The third-order valence-electron chi connectivity index (χ3n) is 5.56. The topological polar surface area (TPSA) is 93.1 Å². The van der Waals surface area contributed by atoms with Gasteiger partial charge in [-0.2, -0.15) is 0 Å². The molecule has 1 aliphatic rings. The molecule has 0 aliphatic carbocycles. The van der Waals surface area contributed by atoms with E-state index < -0.39 is 0 Å². The van der Waals surface area contributed by atoms with Crippen LogP contribution in [0.25, 0.3) is 0 Å². The minimum atomic E-state index is -0.368. The van der Waals surface area contributed by atoms with Crippen LogP contribution in [0.1, 0.15) is 24.5 Å². The zero-order valence-electron chi connectivity index (χ0n) is 19.4. The first-order valence-electron chi connectivity index (χ1n) is 11.0. The van der Waals surface area contributed by atoms with Gasteiger partial charge in [0.05, 0.1) is 26.4 Å². The van der Waals surface area contributed by atoms with Crippen LogP contribution in [-0.2, 0) is 16.0 Å². The summed E-state index contributed by atoms with van der Waals surface area (Å²) in [5.41, 5.74) is 3.79. The molecule has 1 aromatic heterocycles. The molecular formula is C26H26N4O4. The van der Waals surface area contributed by atoms with E-state index in [-0.39, 0.29) is 24.8 Å². The third kappa shape index (κ3) is 4.91. The van der Waals surface area contributed by atoms with Gasteiger partial charge in [-0.3, -0.25) is 14.5 Å². The van der Waals surface area contributed by atoms with Gasteiger partial charge in [0.1, 0.15) is 12.2 Å². The van der Waals surface area contributed by atoms with Crippen molar-refractivity contribution < 1.29 is 19.1 Å². The fraction of sp³-hybridized carbons (Fsp3) is 0.231. The summed E-state index contributed by atoms with van der Waals surface area (Å²) in [5, 5.41) is 2.81. The Morgan fingerprint density at radius 2 is 1.82 bits per heavy atom. The number of anilines is 2. The maximum absolute atomic E-state index is 13.2. The summed E-state index contributed by atoms with van der Waals surface area (Å²) in [7, 11) is 3.06. The number of pyridine rings is 1. The Hall–Kier alpha value is -4.20. The Bertz CT molecular complexity index is 1240. The van der Waals surface area contributed by atoms with Gasteiger partial charge >= 0.3 is 0 Å². The van der Waals surface area contributed by atoms with E-state index in [1.54, 1.807) is 43.6 Å². The summed E-state index contributed by atoms with van der Waals surface area (Å²) in [5.74, 6) is 0.782. The number of aliphatic imine (C=N–C) groups is 1. The van der Waals surface area contributed by atoms with E-state index in [0.29, 0.717) is 34.4 Å². The molecule has 174 valence electrons. The highest BCUT2D eigenvalue weighted by Crippen LogP contribution is 2.32. The smallest absolute Gasteiger partial charge is 0.244 e. The molecule has 0 saturated heterocycles. The first-order valence-corrected chi connectivity index (χ1v) is 11.0. The first-order chi connectivity index (χ1) is 16.5. The molecule has 1 aliphatic heterocycles. The number of amides is 2. The summed E-state index contributed by atoms with van der Waals surface area (Å²) in [6.45, 7) is 1.89. The lowest BCUT2D eigenvalue weighted by Gasteiger charge is -2.20. The Labute approximate surface area is 198 Å². The summed E-state index contributed by atoms with van der Waals surface area (Å²) in [6, 6.07) is 16.6. The van der Waals surface area contributed by atoms with Crippen molar-refractivity contribution in [3.63, 3.8) is 0 Å². The van der Waals surface area contributed by atoms with Crippen LogP contribution in [0, 0.1) is 0 Å². The van der Waals surface area contributed by atoms with Crippen LogP contribution < -0.4 is 19.7 Å². The second-order valence-electron chi connectivity index (χ2n) is 7.73. The van der Waals surface area contributed by atoms with E-state index in [1.807, 2.05) is 24.3 Å². The van der Waals surface area contributed by atoms with Crippen molar-refractivity contribution in [2.75, 3.05) is 31.0 Å². The third-order valence-corrected chi connectivity index (χ3v) is 5.56. The molecule has 0 unspecified atom stereocenters. The van der Waals surface area contributed by atoms with Crippen molar-refractivity contribution >= 4 is 34.7 Å². The van der Waals surface area contributed by atoms with Crippen LogP contribution in [0.5, 0.6) is 11.5 Å². The zero-order chi connectivity index (χ0) is 24.1. The van der Waals surface area contributed by atoms with E-state index in [4.69, 9.17) is 14.5 Å². The van der Waals surface area contributed by atoms with E-state index >= 15 is 0 Å². The van der Waals surface area contributed by atoms with Gasteiger partial charge in [0, 0.05) is 18.0 Å². The lowest BCUT2D eigenvalue weighted by Crippen LogP contribution is -2.39. The number of hydrogen-bond acceptors (Lipinski definition) is 6. The fourth-order valence-electron chi connectivity index (χ4n) is 3.75. The number of methoxy groups -OCH3 is 2. The van der Waals surface area contributed by atoms with Crippen molar-refractivity contribution in [3.05, 3.63) is 71.9 Å². The fourth-order valence-corrected chi connectivity index (χ4v) is 3.75. The van der Waals surface area contributed by atoms with Crippen molar-refractivity contribution in [3.8, 4) is 11.5 Å². The quantitative estimate of drug-likeness (QED) is 0.574. The Morgan fingerprint density at radius 1 is 1.06 bits per heavy atom. The SMILES string of the molecule is CCc1ccc(C2=Nc3cccnc3N(CC(=O)Nc3ccc(OC)c(OC)c3)C(=O)C2)cc1. The number of nitrogens with zero attached hydrogens (tertiary/aromatic N) is 3. The van der Waals surface area contributed by atoms with E-state index in [9.17, 15) is 9.59 Å². The lowest BCUT2D eigenvalue weighted by atomic mass is 10.0. The van der Waals surface area contributed by atoms with Crippen LogP contribution in [0.2, 0.25) is 0 Å². The minimum absolute atomic E-state index is 0.0610. The number of benzene rings is 2. The number of aryl methyl sites for hydroxylation is 1. The second-order valence-corrected chi connectivity index (χ2v) is 7.73. The molecule has 0 fully saturated rings. The zero-order valence-corrected chi connectivity index (χ0v) is 19.4. The Balaban J connectivity index is 1.57. The van der Waals surface area contributed by atoms with Crippen LogP contribution in [-0.4, -0.2) is 43.3 Å². The molecule has 0 bridgehead atoms. The monoisotopic (exact) mass is 458 g/mol. The molecule has 8 heteroatoms. The number of carbonyl (C=O) groups is 2. The van der Waals surface area contributed by atoms with Gasteiger partial charge < -0.3 is 14.8 Å². The number of ether oxygens (including phenoxy) is 2. The predicted octanol–water partition coefficient (Wildman–Crippen LogP) is 4.16. The predicted molar refractivity (Wildman–Crippen MR) is 131 cm³/mol. The molecule has 2 amide bonds. The van der Waals surface area contributed by atoms with Gasteiger partial charge in [-0.25, -0.2) is 9.98 Å². The molecular weight excluding hydrogens is 432 g/mol. The number of aromatic nitrogens is 1. The molecule has 2 heterocycles. The molecule has 0 atom stereocenters. The van der Waals surface area contributed by atoms with Crippen molar-refractivity contribution in [1.82, 2.24) is 4.98 Å². The lowest BCUT2D eigenvalue weighted by molar-refractivity contribution is -0.120. The van der Waals surface area contributed by atoms with Gasteiger partial charge in [0.2, 0.25) is 11.8 Å². The highest BCUT2D eigenvalue weighted by molar-refractivity contribution is 6.18. The molecule has 2 aromatic carbocycles. The van der Waals surface area contributed by atoms with Gasteiger partial charge in [-0.15, -0.1) is 0 Å². The van der Waals surface area contributed by atoms with Gasteiger partial charge in [0.15, 0.2) is 17.3 Å². The average Bonchev–Trinajstić information content (AvgIpc) is 3.00. The maximum atomic E-state index is 13.2. The molecule has 0 saturated carbocycles. The normalized spacial score (nSPS) is 13.0. The Morgan fingerprint density at radius 3 is 2.53 bits per heavy atom. The second kappa shape index (κ2) is 10.2. The van der Waals surface area contributed by atoms with Crippen molar-refractivity contribution in [2.24, 2.45) is 4.99 Å². The van der Waals surface area contributed by atoms with Crippen LogP contribution in [0.4, 0.5) is 17.2 Å². The molecule has 1 N–H and O–H groups in total.